The Hall–Kier alpha value is -4.20. The lowest BCUT2D eigenvalue weighted by Crippen LogP contribution is -2.03. The van der Waals surface area contributed by atoms with Crippen LogP contribution in [0.25, 0.3) is 6.08 Å². The molecule has 30 heavy (non-hydrogen) atoms. The first-order chi connectivity index (χ1) is 14.5. The standard InChI is InChI=1S/C22H18N2O6/c25-23(26)12-11-19-13-21(29-15-17-7-3-1-4-8-17)22(14-20(19)24(27)28)30-16-18-9-5-2-6-10-18/h1-14H,15-16H2/b12-11+. The number of ether oxygens (including phenoxy) is 2. The molecular formula is C22H18N2O6. The highest BCUT2D eigenvalue weighted by molar-refractivity contribution is 5.66. The van der Waals surface area contributed by atoms with E-state index in [0.717, 1.165) is 17.2 Å². The normalized spacial score (nSPS) is 10.7. The number of rotatable bonds is 9. The van der Waals surface area contributed by atoms with E-state index in [0.29, 0.717) is 6.20 Å². The van der Waals surface area contributed by atoms with Gasteiger partial charge in [-0.05, 0) is 17.2 Å². The fraction of sp³-hybridized carbons (Fsp3) is 0.0909. The molecule has 0 saturated carbocycles. The van der Waals surface area contributed by atoms with Gasteiger partial charge < -0.3 is 9.47 Å². The number of nitro benzene ring substituents is 1. The molecule has 0 aliphatic heterocycles. The summed E-state index contributed by atoms with van der Waals surface area (Å²) in [6.07, 6.45) is 1.71. The SMILES string of the molecule is O=[N+]([O-])/C=C/c1cc(OCc2ccccc2)c(OCc2ccccc2)cc1[N+](=O)[O-]. The van der Waals surface area contributed by atoms with E-state index in [1.807, 2.05) is 60.7 Å². The number of nitrogens with zero attached hydrogens (tertiary/aromatic N) is 2. The average molecular weight is 406 g/mol. The first kappa shape index (κ1) is 20.5. The minimum absolute atomic E-state index is 0.0480. The maximum Gasteiger partial charge on any atom is 0.280 e. The van der Waals surface area contributed by atoms with Crippen LogP contribution in [0, 0.1) is 20.2 Å². The molecule has 0 spiro atoms. The highest BCUT2D eigenvalue weighted by atomic mass is 16.6. The third-order valence-corrected chi connectivity index (χ3v) is 4.14. The Bertz CT molecular complexity index is 1050. The molecule has 3 aromatic carbocycles. The minimum Gasteiger partial charge on any atom is -0.485 e. The number of benzene rings is 3. The molecule has 152 valence electrons. The third kappa shape index (κ3) is 5.65. The largest absolute Gasteiger partial charge is 0.485 e. The van der Waals surface area contributed by atoms with E-state index in [2.05, 4.69) is 0 Å². The van der Waals surface area contributed by atoms with Crippen molar-refractivity contribution in [3.8, 4) is 11.5 Å². The van der Waals surface area contributed by atoms with E-state index < -0.39 is 9.85 Å². The van der Waals surface area contributed by atoms with Gasteiger partial charge in [-0.15, -0.1) is 0 Å². The van der Waals surface area contributed by atoms with Crippen LogP contribution in [0.3, 0.4) is 0 Å². The van der Waals surface area contributed by atoms with Gasteiger partial charge in [-0.1, -0.05) is 60.7 Å². The van der Waals surface area contributed by atoms with Crippen molar-refractivity contribution in [2.24, 2.45) is 0 Å². The second-order valence-corrected chi connectivity index (χ2v) is 6.26. The van der Waals surface area contributed by atoms with E-state index in [4.69, 9.17) is 9.47 Å². The van der Waals surface area contributed by atoms with Crippen LogP contribution in [0.2, 0.25) is 0 Å². The van der Waals surface area contributed by atoms with Gasteiger partial charge in [0.05, 0.1) is 21.5 Å². The van der Waals surface area contributed by atoms with E-state index in [1.54, 1.807) is 0 Å². The Labute approximate surface area is 172 Å². The Kier molecular flexibility index (Phi) is 6.73. The van der Waals surface area contributed by atoms with Gasteiger partial charge in [0.15, 0.2) is 11.5 Å². The molecule has 8 heteroatoms. The van der Waals surface area contributed by atoms with Crippen molar-refractivity contribution in [1.82, 2.24) is 0 Å². The lowest BCUT2D eigenvalue weighted by molar-refractivity contribution is -0.401. The number of nitro groups is 2. The molecule has 0 amide bonds. The zero-order chi connectivity index (χ0) is 21.3. The summed E-state index contributed by atoms with van der Waals surface area (Å²) in [7, 11) is 0. The predicted molar refractivity (Wildman–Crippen MR) is 111 cm³/mol. The third-order valence-electron chi connectivity index (χ3n) is 4.14. The summed E-state index contributed by atoms with van der Waals surface area (Å²) < 4.78 is 11.6. The monoisotopic (exact) mass is 406 g/mol. The van der Waals surface area contributed by atoms with Crippen LogP contribution in [0.1, 0.15) is 16.7 Å². The lowest BCUT2D eigenvalue weighted by Gasteiger charge is -2.14. The van der Waals surface area contributed by atoms with Gasteiger partial charge in [0.1, 0.15) is 13.2 Å². The molecule has 3 aromatic rings. The fourth-order valence-corrected chi connectivity index (χ4v) is 2.69. The first-order valence-corrected chi connectivity index (χ1v) is 9.00. The number of hydrogen-bond donors (Lipinski definition) is 0. The van der Waals surface area contributed by atoms with Crippen molar-refractivity contribution in [3.05, 3.63) is 116 Å². The second-order valence-electron chi connectivity index (χ2n) is 6.26. The van der Waals surface area contributed by atoms with Crippen molar-refractivity contribution < 1.29 is 19.3 Å². The molecule has 0 aliphatic carbocycles. The summed E-state index contributed by atoms with van der Waals surface area (Å²) in [6, 6.07) is 21.3. The van der Waals surface area contributed by atoms with Gasteiger partial charge in [0.2, 0.25) is 6.20 Å². The van der Waals surface area contributed by atoms with Gasteiger partial charge in [-0.2, -0.15) is 0 Å². The van der Waals surface area contributed by atoms with E-state index in [9.17, 15) is 20.2 Å². The van der Waals surface area contributed by atoms with E-state index >= 15 is 0 Å². The molecule has 0 atom stereocenters. The average Bonchev–Trinajstić information content (AvgIpc) is 2.76. The molecule has 0 unspecified atom stereocenters. The summed E-state index contributed by atoms with van der Waals surface area (Å²) in [5.41, 5.74) is 1.51. The van der Waals surface area contributed by atoms with Crippen LogP contribution in [-0.2, 0) is 13.2 Å². The Morgan fingerprint density at radius 3 is 1.73 bits per heavy atom. The zero-order valence-corrected chi connectivity index (χ0v) is 15.8. The molecule has 8 nitrogen and oxygen atoms in total. The van der Waals surface area contributed by atoms with Gasteiger partial charge in [-0.3, -0.25) is 20.2 Å². The molecule has 0 heterocycles. The van der Waals surface area contributed by atoms with Crippen molar-refractivity contribution in [2.45, 2.75) is 13.2 Å². The van der Waals surface area contributed by atoms with Crippen molar-refractivity contribution in [1.29, 1.82) is 0 Å². The van der Waals surface area contributed by atoms with Crippen molar-refractivity contribution >= 4 is 11.8 Å². The summed E-state index contributed by atoms with van der Waals surface area (Å²) in [5, 5.41) is 22.2. The topological polar surface area (TPSA) is 105 Å². The molecule has 0 aliphatic rings. The highest BCUT2D eigenvalue weighted by Gasteiger charge is 2.20. The molecule has 0 bridgehead atoms. The summed E-state index contributed by atoms with van der Waals surface area (Å²) in [4.78, 5) is 20.9. The second kappa shape index (κ2) is 9.83. The lowest BCUT2D eigenvalue weighted by atomic mass is 10.1. The van der Waals surface area contributed by atoms with Crippen LogP contribution in [-0.4, -0.2) is 9.85 Å². The summed E-state index contributed by atoms with van der Waals surface area (Å²) in [5.74, 6) is 0.433. The molecular weight excluding hydrogens is 388 g/mol. The fourth-order valence-electron chi connectivity index (χ4n) is 2.69. The van der Waals surface area contributed by atoms with Gasteiger partial charge in [-0.25, -0.2) is 0 Å². The Morgan fingerprint density at radius 2 is 1.27 bits per heavy atom. The molecule has 3 rings (SSSR count). The van der Waals surface area contributed by atoms with Crippen molar-refractivity contribution in [3.63, 3.8) is 0 Å². The van der Waals surface area contributed by atoms with Gasteiger partial charge >= 0.3 is 0 Å². The quantitative estimate of drug-likeness (QED) is 0.366. The van der Waals surface area contributed by atoms with Crippen LogP contribution in [0.5, 0.6) is 11.5 Å². The molecule has 0 radical (unpaired) electrons. The maximum atomic E-state index is 11.5. The Balaban J connectivity index is 1.94. The van der Waals surface area contributed by atoms with Crippen molar-refractivity contribution in [2.75, 3.05) is 0 Å². The predicted octanol–water partition coefficient (Wildman–Crippen LogP) is 5.00. The van der Waals surface area contributed by atoms with Crippen LogP contribution < -0.4 is 9.47 Å². The van der Waals surface area contributed by atoms with Gasteiger partial charge in [0.25, 0.3) is 5.69 Å². The zero-order valence-electron chi connectivity index (χ0n) is 15.8. The molecule has 0 fully saturated rings. The Morgan fingerprint density at radius 1 is 0.767 bits per heavy atom. The highest BCUT2D eigenvalue weighted by Crippen LogP contribution is 2.36. The molecule has 0 N–H and O–H groups in total. The van der Waals surface area contributed by atoms with Gasteiger partial charge in [0, 0.05) is 6.08 Å². The van der Waals surface area contributed by atoms with E-state index in [1.165, 1.54) is 12.1 Å². The molecule has 0 saturated heterocycles. The summed E-state index contributed by atoms with van der Waals surface area (Å²) >= 11 is 0. The van der Waals surface area contributed by atoms with E-state index in [-0.39, 0.29) is 36.0 Å². The summed E-state index contributed by atoms with van der Waals surface area (Å²) in [6.45, 7) is 0.391. The number of hydrogen-bond acceptors (Lipinski definition) is 6. The first-order valence-electron chi connectivity index (χ1n) is 9.00. The maximum absolute atomic E-state index is 11.5. The minimum atomic E-state index is -0.686. The smallest absolute Gasteiger partial charge is 0.280 e. The molecule has 0 aromatic heterocycles. The van der Waals surface area contributed by atoms with Crippen LogP contribution in [0.4, 0.5) is 5.69 Å². The van der Waals surface area contributed by atoms with Crippen LogP contribution >= 0.6 is 0 Å². The van der Waals surface area contributed by atoms with Crippen LogP contribution in [0.15, 0.2) is 79.0 Å².